The van der Waals surface area contributed by atoms with E-state index in [1.807, 2.05) is 12.1 Å². The quantitative estimate of drug-likeness (QED) is 0.807. The van der Waals surface area contributed by atoms with Gasteiger partial charge in [0.25, 0.3) is 0 Å². The maximum Gasteiger partial charge on any atom is 0.0761 e. The monoisotopic (exact) mass is 250 g/mol. The number of pyridine rings is 1. The van der Waals surface area contributed by atoms with Crippen LogP contribution in [0.25, 0.3) is 0 Å². The van der Waals surface area contributed by atoms with E-state index < -0.39 is 0 Å². The zero-order valence-corrected chi connectivity index (χ0v) is 12.1. The van der Waals surface area contributed by atoms with Gasteiger partial charge < -0.3 is 5.11 Å². The van der Waals surface area contributed by atoms with Gasteiger partial charge in [0.2, 0.25) is 0 Å². The number of aliphatic hydroxyl groups excluding tert-OH is 1. The van der Waals surface area contributed by atoms with Crippen molar-refractivity contribution < 1.29 is 5.11 Å². The minimum atomic E-state index is -0.357. The summed E-state index contributed by atoms with van der Waals surface area (Å²) >= 11 is 0. The maximum absolute atomic E-state index is 10.6. The van der Waals surface area contributed by atoms with E-state index in [1.165, 1.54) is 0 Å². The van der Waals surface area contributed by atoms with Crippen LogP contribution in [0.2, 0.25) is 0 Å². The Bertz CT molecular complexity index is 338. The molecule has 0 saturated carbocycles. The molecular formula is C15H26N2O. The third kappa shape index (κ3) is 3.30. The number of nitrogens with zero attached hydrogens (tertiary/aromatic N) is 2. The van der Waals surface area contributed by atoms with Crippen molar-refractivity contribution in [1.29, 1.82) is 0 Å². The molecule has 0 aliphatic heterocycles. The number of hydrogen-bond acceptors (Lipinski definition) is 3. The maximum atomic E-state index is 10.6. The minimum absolute atomic E-state index is 0.160. The Morgan fingerprint density at radius 3 is 2.22 bits per heavy atom. The second-order valence-corrected chi connectivity index (χ2v) is 4.96. The summed E-state index contributed by atoms with van der Waals surface area (Å²) in [4.78, 5) is 6.36. The number of rotatable bonds is 7. The molecule has 0 bridgehead atoms. The van der Waals surface area contributed by atoms with E-state index in [2.05, 4.69) is 37.6 Å². The summed E-state index contributed by atoms with van der Waals surface area (Å²) in [6.45, 7) is 10.5. The van der Waals surface area contributed by atoms with E-state index in [9.17, 15) is 5.11 Å². The molecule has 1 heterocycles. The van der Waals surface area contributed by atoms with Crippen molar-refractivity contribution in [3.8, 4) is 0 Å². The molecule has 1 aromatic heterocycles. The smallest absolute Gasteiger partial charge is 0.0761 e. The average molecular weight is 250 g/mol. The molecule has 0 aliphatic rings. The summed E-state index contributed by atoms with van der Waals surface area (Å²) in [5.41, 5.74) is 0.983. The van der Waals surface area contributed by atoms with Crippen molar-refractivity contribution >= 4 is 0 Å². The van der Waals surface area contributed by atoms with Gasteiger partial charge in [-0.25, -0.2) is 0 Å². The van der Waals surface area contributed by atoms with Gasteiger partial charge in [-0.1, -0.05) is 20.8 Å². The van der Waals surface area contributed by atoms with Gasteiger partial charge in [-0.15, -0.1) is 0 Å². The molecule has 3 nitrogen and oxygen atoms in total. The van der Waals surface area contributed by atoms with Gasteiger partial charge in [0.05, 0.1) is 6.10 Å². The molecule has 0 amide bonds. The van der Waals surface area contributed by atoms with Gasteiger partial charge in [0.15, 0.2) is 0 Å². The third-order valence-corrected chi connectivity index (χ3v) is 4.10. The second-order valence-electron chi connectivity index (χ2n) is 4.96. The van der Waals surface area contributed by atoms with Gasteiger partial charge in [-0.3, -0.25) is 9.88 Å². The van der Waals surface area contributed by atoms with E-state index in [4.69, 9.17) is 0 Å². The standard InChI is InChI=1S/C15H26N2O/c1-5-15(4,17(6-2)7-3)14(18)12-13-8-10-16-11-9-13/h8-11,14,18H,5-7,12H2,1-4H3. The molecule has 102 valence electrons. The molecule has 1 aromatic rings. The van der Waals surface area contributed by atoms with Gasteiger partial charge in [-0.05, 0) is 44.1 Å². The van der Waals surface area contributed by atoms with Gasteiger partial charge in [-0.2, -0.15) is 0 Å². The fourth-order valence-electron chi connectivity index (χ4n) is 2.58. The van der Waals surface area contributed by atoms with Crippen molar-refractivity contribution in [1.82, 2.24) is 9.88 Å². The van der Waals surface area contributed by atoms with Crippen molar-refractivity contribution in [2.45, 2.75) is 52.2 Å². The fourth-order valence-corrected chi connectivity index (χ4v) is 2.58. The van der Waals surface area contributed by atoms with Crippen LogP contribution in [0.3, 0.4) is 0 Å². The molecule has 0 spiro atoms. The highest BCUT2D eigenvalue weighted by Gasteiger charge is 2.35. The molecule has 3 heteroatoms. The highest BCUT2D eigenvalue weighted by molar-refractivity contribution is 5.12. The van der Waals surface area contributed by atoms with Crippen LogP contribution in [0.15, 0.2) is 24.5 Å². The van der Waals surface area contributed by atoms with E-state index >= 15 is 0 Å². The summed E-state index contributed by atoms with van der Waals surface area (Å²) < 4.78 is 0. The predicted molar refractivity (Wildman–Crippen MR) is 75.6 cm³/mol. The van der Waals surface area contributed by atoms with Crippen molar-refractivity contribution in [3.63, 3.8) is 0 Å². The average Bonchev–Trinajstić information content (AvgIpc) is 2.40. The van der Waals surface area contributed by atoms with Gasteiger partial charge >= 0.3 is 0 Å². The largest absolute Gasteiger partial charge is 0.391 e. The molecule has 1 rings (SSSR count). The van der Waals surface area contributed by atoms with Gasteiger partial charge in [0.1, 0.15) is 0 Å². The van der Waals surface area contributed by atoms with Crippen LogP contribution < -0.4 is 0 Å². The Kier molecular flexibility index (Phi) is 5.76. The summed E-state index contributed by atoms with van der Waals surface area (Å²) in [6.07, 6.45) is 4.83. The lowest BCUT2D eigenvalue weighted by atomic mass is 9.86. The first-order valence-corrected chi connectivity index (χ1v) is 6.90. The highest BCUT2D eigenvalue weighted by Crippen LogP contribution is 2.25. The van der Waals surface area contributed by atoms with Crippen molar-refractivity contribution in [3.05, 3.63) is 30.1 Å². The lowest BCUT2D eigenvalue weighted by Gasteiger charge is -2.43. The Morgan fingerprint density at radius 1 is 1.22 bits per heavy atom. The summed E-state index contributed by atoms with van der Waals surface area (Å²) in [6, 6.07) is 3.95. The van der Waals surface area contributed by atoms with Crippen LogP contribution in [-0.2, 0) is 6.42 Å². The van der Waals surface area contributed by atoms with E-state index in [0.29, 0.717) is 6.42 Å². The zero-order valence-electron chi connectivity index (χ0n) is 12.1. The first kappa shape index (κ1) is 15.1. The summed E-state index contributed by atoms with van der Waals surface area (Å²) in [5, 5.41) is 10.6. The van der Waals surface area contributed by atoms with Crippen LogP contribution in [-0.4, -0.2) is 39.7 Å². The molecule has 1 N–H and O–H groups in total. The Balaban J connectivity index is 2.81. The molecule has 18 heavy (non-hydrogen) atoms. The predicted octanol–water partition coefficient (Wildman–Crippen LogP) is 2.50. The Labute approximate surface area is 111 Å². The molecule has 0 aromatic carbocycles. The van der Waals surface area contributed by atoms with Crippen LogP contribution in [0.1, 0.15) is 39.7 Å². The molecule has 0 aliphatic carbocycles. The van der Waals surface area contributed by atoms with Crippen LogP contribution in [0.5, 0.6) is 0 Å². The topological polar surface area (TPSA) is 36.4 Å². The number of aromatic nitrogens is 1. The Morgan fingerprint density at radius 2 is 1.78 bits per heavy atom. The van der Waals surface area contributed by atoms with E-state index in [-0.39, 0.29) is 11.6 Å². The second kappa shape index (κ2) is 6.86. The third-order valence-electron chi connectivity index (χ3n) is 4.10. The summed E-state index contributed by atoms with van der Waals surface area (Å²) in [5.74, 6) is 0. The van der Waals surface area contributed by atoms with Crippen LogP contribution >= 0.6 is 0 Å². The number of hydrogen-bond donors (Lipinski definition) is 1. The molecule has 0 fully saturated rings. The molecular weight excluding hydrogens is 224 g/mol. The van der Waals surface area contributed by atoms with Crippen LogP contribution in [0.4, 0.5) is 0 Å². The van der Waals surface area contributed by atoms with Gasteiger partial charge in [0, 0.05) is 24.4 Å². The molecule has 2 unspecified atom stereocenters. The summed E-state index contributed by atoms with van der Waals surface area (Å²) in [7, 11) is 0. The normalized spacial score (nSPS) is 16.6. The molecule has 0 saturated heterocycles. The SMILES string of the molecule is CCN(CC)C(C)(CC)C(O)Cc1ccncc1. The fraction of sp³-hybridized carbons (Fsp3) is 0.667. The first-order chi connectivity index (χ1) is 8.58. The van der Waals surface area contributed by atoms with E-state index in [1.54, 1.807) is 12.4 Å². The number of aliphatic hydroxyl groups is 1. The molecule has 0 radical (unpaired) electrons. The lowest BCUT2D eigenvalue weighted by Crippen LogP contribution is -2.54. The molecule has 2 atom stereocenters. The van der Waals surface area contributed by atoms with Crippen molar-refractivity contribution in [2.75, 3.05) is 13.1 Å². The Hall–Kier alpha value is -0.930. The zero-order chi connectivity index (χ0) is 13.6. The number of likely N-dealkylation sites (N-methyl/N-ethyl adjacent to an activating group) is 1. The minimum Gasteiger partial charge on any atom is -0.391 e. The van der Waals surface area contributed by atoms with Crippen molar-refractivity contribution in [2.24, 2.45) is 0 Å². The van der Waals surface area contributed by atoms with Crippen LogP contribution in [0, 0.1) is 0 Å². The first-order valence-electron chi connectivity index (χ1n) is 6.90. The lowest BCUT2D eigenvalue weighted by molar-refractivity contribution is -0.0190. The highest BCUT2D eigenvalue weighted by atomic mass is 16.3. The van der Waals surface area contributed by atoms with E-state index in [0.717, 1.165) is 25.1 Å².